The molecule has 0 heterocycles. The molecule has 0 atom stereocenters. The Hall–Kier alpha value is -1.33. The second kappa shape index (κ2) is 3.81. The van der Waals surface area contributed by atoms with Crippen LogP contribution in [-0.2, 0) is 12.0 Å². The minimum atomic E-state index is 0.00502. The molecule has 0 aliphatic heterocycles. The highest BCUT2D eigenvalue weighted by atomic mass is 14.7. The van der Waals surface area contributed by atoms with Gasteiger partial charge in [0, 0.05) is 6.54 Å². The van der Waals surface area contributed by atoms with Crippen molar-refractivity contribution < 1.29 is 0 Å². The van der Waals surface area contributed by atoms with Crippen LogP contribution in [0.5, 0.6) is 0 Å². The van der Waals surface area contributed by atoms with E-state index in [2.05, 4.69) is 25.6 Å². The van der Waals surface area contributed by atoms with Crippen molar-refractivity contribution in [1.29, 1.82) is 0 Å². The summed E-state index contributed by atoms with van der Waals surface area (Å²) in [7, 11) is 0. The van der Waals surface area contributed by atoms with Gasteiger partial charge in [0.15, 0.2) is 5.69 Å². The Morgan fingerprint density at radius 3 is 2.43 bits per heavy atom. The lowest BCUT2D eigenvalue weighted by molar-refractivity contribution is 0.592. The summed E-state index contributed by atoms with van der Waals surface area (Å²) in [5.74, 6) is 0. The molecule has 1 rings (SSSR count). The van der Waals surface area contributed by atoms with E-state index in [1.165, 1.54) is 0 Å². The van der Waals surface area contributed by atoms with Gasteiger partial charge in [0.1, 0.15) is 0 Å². The third kappa shape index (κ3) is 1.94. The molecule has 74 valence electrons. The SMILES string of the molecule is [C-]#[N+]c1c(CN)cccc1C(C)(C)C. The zero-order chi connectivity index (χ0) is 10.8. The van der Waals surface area contributed by atoms with Crippen LogP contribution in [0.2, 0.25) is 0 Å². The smallest absolute Gasteiger partial charge is 0.195 e. The van der Waals surface area contributed by atoms with Crippen molar-refractivity contribution in [3.63, 3.8) is 0 Å². The monoisotopic (exact) mass is 188 g/mol. The van der Waals surface area contributed by atoms with Crippen molar-refractivity contribution in [1.82, 2.24) is 0 Å². The van der Waals surface area contributed by atoms with Gasteiger partial charge in [-0.2, -0.15) is 0 Å². The fourth-order valence-electron chi connectivity index (χ4n) is 1.49. The van der Waals surface area contributed by atoms with Crippen LogP contribution in [0.1, 0.15) is 31.9 Å². The fraction of sp³-hybridized carbons (Fsp3) is 0.417. The van der Waals surface area contributed by atoms with Crippen LogP contribution in [0.3, 0.4) is 0 Å². The Bertz CT molecular complexity index is 367. The predicted octanol–water partition coefficient (Wildman–Crippen LogP) is 2.99. The Morgan fingerprint density at radius 2 is 2.00 bits per heavy atom. The Balaban J connectivity index is 3.39. The Labute approximate surface area is 85.6 Å². The molecule has 0 aromatic heterocycles. The molecule has 14 heavy (non-hydrogen) atoms. The van der Waals surface area contributed by atoms with Crippen LogP contribution in [0.15, 0.2) is 18.2 Å². The molecular formula is C12H16N2. The first-order chi connectivity index (χ1) is 6.50. The molecule has 0 amide bonds. The van der Waals surface area contributed by atoms with Crippen molar-refractivity contribution in [2.45, 2.75) is 32.7 Å². The number of hydrogen-bond acceptors (Lipinski definition) is 1. The zero-order valence-corrected chi connectivity index (χ0v) is 8.96. The molecule has 2 N–H and O–H groups in total. The summed E-state index contributed by atoms with van der Waals surface area (Å²) in [5, 5.41) is 0. The molecule has 0 aliphatic carbocycles. The van der Waals surface area contributed by atoms with Crippen LogP contribution in [-0.4, -0.2) is 0 Å². The van der Waals surface area contributed by atoms with E-state index in [-0.39, 0.29) is 5.41 Å². The van der Waals surface area contributed by atoms with Gasteiger partial charge >= 0.3 is 0 Å². The molecule has 0 radical (unpaired) electrons. The first-order valence-corrected chi connectivity index (χ1v) is 4.70. The number of para-hydroxylation sites is 1. The van der Waals surface area contributed by atoms with E-state index in [0.29, 0.717) is 6.54 Å². The summed E-state index contributed by atoms with van der Waals surface area (Å²) in [6, 6.07) is 5.90. The van der Waals surface area contributed by atoms with Crippen LogP contribution in [0.4, 0.5) is 5.69 Å². The lowest BCUT2D eigenvalue weighted by Gasteiger charge is -2.21. The molecule has 0 saturated heterocycles. The van der Waals surface area contributed by atoms with E-state index in [4.69, 9.17) is 12.3 Å². The highest BCUT2D eigenvalue weighted by molar-refractivity contribution is 5.60. The summed E-state index contributed by atoms with van der Waals surface area (Å²) in [6.07, 6.45) is 0. The lowest BCUT2D eigenvalue weighted by Crippen LogP contribution is -2.12. The lowest BCUT2D eigenvalue weighted by atomic mass is 9.84. The minimum Gasteiger partial charge on any atom is -0.328 e. The van der Waals surface area contributed by atoms with Crippen molar-refractivity contribution in [2.75, 3.05) is 0 Å². The van der Waals surface area contributed by atoms with E-state index in [0.717, 1.165) is 16.8 Å². The maximum absolute atomic E-state index is 7.18. The third-order valence-electron chi connectivity index (χ3n) is 2.26. The van der Waals surface area contributed by atoms with E-state index >= 15 is 0 Å². The second-order valence-electron chi connectivity index (χ2n) is 4.38. The summed E-state index contributed by atoms with van der Waals surface area (Å²) < 4.78 is 0. The first kappa shape index (κ1) is 10.7. The van der Waals surface area contributed by atoms with Crippen LogP contribution in [0, 0.1) is 6.57 Å². The molecule has 0 bridgehead atoms. The number of hydrogen-bond donors (Lipinski definition) is 1. The average molecular weight is 188 g/mol. The van der Waals surface area contributed by atoms with Gasteiger partial charge in [0.05, 0.1) is 6.57 Å². The van der Waals surface area contributed by atoms with Crippen molar-refractivity contribution in [3.8, 4) is 0 Å². The van der Waals surface area contributed by atoms with E-state index in [1.807, 2.05) is 18.2 Å². The Morgan fingerprint density at radius 1 is 1.36 bits per heavy atom. The quantitative estimate of drug-likeness (QED) is 0.675. The van der Waals surface area contributed by atoms with Crippen molar-refractivity contribution >= 4 is 5.69 Å². The first-order valence-electron chi connectivity index (χ1n) is 4.70. The normalized spacial score (nSPS) is 11.1. The Kier molecular flexibility index (Phi) is 2.93. The van der Waals surface area contributed by atoms with Gasteiger partial charge < -0.3 is 5.73 Å². The van der Waals surface area contributed by atoms with Crippen LogP contribution < -0.4 is 5.73 Å². The second-order valence-corrected chi connectivity index (χ2v) is 4.38. The highest BCUT2D eigenvalue weighted by Crippen LogP contribution is 2.33. The molecule has 0 unspecified atom stereocenters. The molecule has 0 spiro atoms. The number of nitrogens with two attached hydrogens (primary N) is 1. The van der Waals surface area contributed by atoms with E-state index < -0.39 is 0 Å². The van der Waals surface area contributed by atoms with Gasteiger partial charge in [0.2, 0.25) is 0 Å². The van der Waals surface area contributed by atoms with Gasteiger partial charge in [-0.05, 0) is 16.5 Å². The van der Waals surface area contributed by atoms with Gasteiger partial charge in [-0.15, -0.1) is 0 Å². The molecule has 0 fully saturated rings. The zero-order valence-electron chi connectivity index (χ0n) is 8.96. The molecule has 1 aromatic carbocycles. The number of benzene rings is 1. The van der Waals surface area contributed by atoms with E-state index in [9.17, 15) is 0 Å². The van der Waals surface area contributed by atoms with Crippen LogP contribution in [0.25, 0.3) is 4.85 Å². The topological polar surface area (TPSA) is 30.4 Å². The number of rotatable bonds is 1. The average Bonchev–Trinajstić information content (AvgIpc) is 2.15. The highest BCUT2D eigenvalue weighted by Gasteiger charge is 2.19. The summed E-state index contributed by atoms with van der Waals surface area (Å²) in [4.78, 5) is 3.58. The predicted molar refractivity (Wildman–Crippen MR) is 59.3 cm³/mol. The van der Waals surface area contributed by atoms with Gasteiger partial charge in [0.25, 0.3) is 0 Å². The van der Waals surface area contributed by atoms with Gasteiger partial charge in [-0.3, -0.25) is 0 Å². The molecule has 2 heteroatoms. The maximum Gasteiger partial charge on any atom is 0.195 e. The molecule has 0 saturated carbocycles. The van der Waals surface area contributed by atoms with Crippen molar-refractivity contribution in [3.05, 3.63) is 40.7 Å². The molecule has 2 nitrogen and oxygen atoms in total. The van der Waals surface area contributed by atoms with E-state index in [1.54, 1.807) is 0 Å². The fourth-order valence-corrected chi connectivity index (χ4v) is 1.49. The summed E-state index contributed by atoms with van der Waals surface area (Å²) >= 11 is 0. The van der Waals surface area contributed by atoms with Gasteiger partial charge in [-0.25, -0.2) is 4.85 Å². The molecule has 1 aromatic rings. The largest absolute Gasteiger partial charge is 0.328 e. The third-order valence-corrected chi connectivity index (χ3v) is 2.26. The van der Waals surface area contributed by atoms with Crippen LogP contribution >= 0.6 is 0 Å². The van der Waals surface area contributed by atoms with Crippen molar-refractivity contribution in [2.24, 2.45) is 5.73 Å². The number of nitrogens with zero attached hydrogens (tertiary/aromatic N) is 1. The summed E-state index contributed by atoms with van der Waals surface area (Å²) in [5.41, 5.74) is 8.34. The molecular weight excluding hydrogens is 172 g/mol. The maximum atomic E-state index is 7.18. The van der Waals surface area contributed by atoms with Gasteiger partial charge in [-0.1, -0.05) is 39.0 Å². The standard InChI is InChI=1S/C12H16N2/c1-12(2,3)10-7-5-6-9(8-13)11(10)14-4/h5-7H,8,13H2,1-3H3. The minimum absolute atomic E-state index is 0.00502. The molecule has 0 aliphatic rings. The summed E-state index contributed by atoms with van der Waals surface area (Å²) in [6.45, 7) is 13.9.